The molecular weight excluding hydrogens is 433 g/mol. The van der Waals surface area contributed by atoms with Gasteiger partial charge in [-0.05, 0) is 38.1 Å². The Morgan fingerprint density at radius 1 is 1.16 bits per heavy atom. The van der Waals surface area contributed by atoms with Gasteiger partial charge in [0.1, 0.15) is 4.90 Å². The summed E-state index contributed by atoms with van der Waals surface area (Å²) in [4.78, 5) is 11.7. The second kappa shape index (κ2) is 8.94. The number of esters is 1. The zero-order valence-electron chi connectivity index (χ0n) is 18.1. The van der Waals surface area contributed by atoms with Gasteiger partial charge < -0.3 is 9.30 Å². The van der Waals surface area contributed by atoms with E-state index in [1.54, 1.807) is 18.4 Å². The fourth-order valence-corrected chi connectivity index (χ4v) is 4.52. The molecule has 1 heterocycles. The van der Waals surface area contributed by atoms with Crippen molar-refractivity contribution in [3.8, 4) is 0 Å². The summed E-state index contributed by atoms with van der Waals surface area (Å²) >= 11 is 0. The van der Waals surface area contributed by atoms with E-state index < -0.39 is 33.1 Å². The van der Waals surface area contributed by atoms with E-state index in [-0.39, 0.29) is 30.2 Å². The maximum absolute atomic E-state index is 13.0. The van der Waals surface area contributed by atoms with E-state index in [1.807, 2.05) is 20.8 Å². The molecule has 1 aromatic carbocycles. The number of aromatic nitrogens is 1. The van der Waals surface area contributed by atoms with Crippen LogP contribution in [-0.4, -0.2) is 25.6 Å². The summed E-state index contributed by atoms with van der Waals surface area (Å²) in [6.45, 7) is 9.47. The number of carbonyl (C=O) groups is 1. The summed E-state index contributed by atoms with van der Waals surface area (Å²) in [7, 11) is -4.17. The van der Waals surface area contributed by atoms with Crippen LogP contribution in [0.4, 0.5) is 18.9 Å². The van der Waals surface area contributed by atoms with E-state index in [0.717, 1.165) is 18.2 Å². The first kappa shape index (κ1) is 24.8. The zero-order chi connectivity index (χ0) is 23.6. The van der Waals surface area contributed by atoms with Crippen molar-refractivity contribution < 1.29 is 31.1 Å². The van der Waals surface area contributed by atoms with E-state index in [0.29, 0.717) is 11.4 Å². The Balaban J connectivity index is 2.44. The van der Waals surface area contributed by atoms with Gasteiger partial charge >= 0.3 is 12.1 Å². The molecule has 0 aliphatic rings. The lowest BCUT2D eigenvalue weighted by Gasteiger charge is -2.22. The molecule has 0 aliphatic carbocycles. The predicted octanol–water partition coefficient (Wildman–Crippen LogP) is 4.87. The van der Waals surface area contributed by atoms with Crippen molar-refractivity contribution >= 4 is 21.7 Å². The highest BCUT2D eigenvalue weighted by atomic mass is 32.2. The van der Waals surface area contributed by atoms with E-state index in [9.17, 15) is 26.4 Å². The third-order valence-electron chi connectivity index (χ3n) is 4.66. The summed E-state index contributed by atoms with van der Waals surface area (Å²) in [5.74, 6) is -0.401. The number of sulfonamides is 1. The van der Waals surface area contributed by atoms with Crippen LogP contribution in [0.1, 0.15) is 51.1 Å². The van der Waals surface area contributed by atoms with Crippen LogP contribution in [0.15, 0.2) is 35.2 Å². The standard InChI is InChI=1S/C21H27F3N2O4S/c1-6-30-19(27)10-11-26-14(2)17(13-18(26)20(3,4)5)31(28,29)25-16-9-7-8-15(12-16)21(22,23)24/h7-9,12-13,25H,6,10-11H2,1-5H3. The Morgan fingerprint density at radius 2 is 1.81 bits per heavy atom. The topological polar surface area (TPSA) is 77.4 Å². The number of nitrogens with one attached hydrogen (secondary N) is 1. The summed E-state index contributed by atoms with van der Waals surface area (Å²) in [5.41, 5.74) is -0.520. The molecule has 0 bridgehead atoms. The van der Waals surface area contributed by atoms with Gasteiger partial charge in [-0.25, -0.2) is 8.42 Å². The van der Waals surface area contributed by atoms with Crippen molar-refractivity contribution in [2.24, 2.45) is 0 Å². The molecule has 0 saturated heterocycles. The van der Waals surface area contributed by atoms with Crippen LogP contribution in [0.5, 0.6) is 0 Å². The van der Waals surface area contributed by atoms with Crippen LogP contribution in [0.2, 0.25) is 0 Å². The average Bonchev–Trinajstić information content (AvgIpc) is 2.97. The number of benzene rings is 1. The lowest BCUT2D eigenvalue weighted by Crippen LogP contribution is -2.20. The number of anilines is 1. The van der Waals surface area contributed by atoms with Gasteiger partial charge in [-0.1, -0.05) is 26.8 Å². The summed E-state index contributed by atoms with van der Waals surface area (Å²) in [5, 5.41) is 0. The molecule has 1 N–H and O–H groups in total. The van der Waals surface area contributed by atoms with Crippen LogP contribution >= 0.6 is 0 Å². The number of hydrogen-bond donors (Lipinski definition) is 1. The van der Waals surface area contributed by atoms with Crippen molar-refractivity contribution in [2.75, 3.05) is 11.3 Å². The maximum Gasteiger partial charge on any atom is 0.416 e. The first-order valence-corrected chi connectivity index (χ1v) is 11.2. The molecule has 0 radical (unpaired) electrons. The number of halogens is 3. The molecule has 0 atom stereocenters. The summed E-state index contributed by atoms with van der Waals surface area (Å²) in [6, 6.07) is 5.50. The van der Waals surface area contributed by atoms with Crippen LogP contribution in [-0.2, 0) is 37.7 Å². The highest BCUT2D eigenvalue weighted by Crippen LogP contribution is 2.33. The van der Waals surface area contributed by atoms with Crippen molar-refractivity contribution in [1.29, 1.82) is 0 Å². The molecule has 0 aliphatic heterocycles. The molecule has 0 amide bonds. The van der Waals surface area contributed by atoms with Crippen LogP contribution in [0.25, 0.3) is 0 Å². The van der Waals surface area contributed by atoms with Crippen LogP contribution < -0.4 is 4.72 Å². The Kier molecular flexibility index (Phi) is 7.14. The Bertz CT molecular complexity index is 1050. The number of carbonyl (C=O) groups excluding carboxylic acids is 1. The first-order valence-electron chi connectivity index (χ1n) is 9.73. The first-order chi connectivity index (χ1) is 14.2. The Hall–Kier alpha value is -2.49. The second-order valence-corrected chi connectivity index (χ2v) is 9.77. The fourth-order valence-electron chi connectivity index (χ4n) is 3.21. The zero-order valence-corrected chi connectivity index (χ0v) is 18.9. The average molecular weight is 461 g/mol. The van der Waals surface area contributed by atoms with Crippen LogP contribution in [0.3, 0.4) is 0 Å². The molecule has 0 spiro atoms. The van der Waals surface area contributed by atoms with Crippen molar-refractivity contribution in [1.82, 2.24) is 4.57 Å². The lowest BCUT2D eigenvalue weighted by atomic mass is 9.92. The SMILES string of the molecule is CCOC(=O)CCn1c(C(C)(C)C)cc(S(=O)(=O)Nc2cccc(C(F)(F)F)c2)c1C. The second-order valence-electron chi connectivity index (χ2n) is 8.12. The number of alkyl halides is 3. The third-order valence-corrected chi connectivity index (χ3v) is 6.16. The lowest BCUT2D eigenvalue weighted by molar-refractivity contribution is -0.143. The van der Waals surface area contributed by atoms with Gasteiger partial charge in [-0.2, -0.15) is 13.2 Å². The van der Waals surface area contributed by atoms with Crippen molar-refractivity contribution in [3.05, 3.63) is 47.3 Å². The number of hydrogen-bond acceptors (Lipinski definition) is 4. The fraction of sp³-hybridized carbons (Fsp3) is 0.476. The number of rotatable bonds is 7. The molecule has 0 unspecified atom stereocenters. The predicted molar refractivity (Wildman–Crippen MR) is 111 cm³/mol. The van der Waals surface area contributed by atoms with Crippen molar-refractivity contribution in [2.45, 2.75) is 64.1 Å². The summed E-state index contributed by atoms with van der Waals surface area (Å²) < 4.78 is 73.8. The molecule has 6 nitrogen and oxygen atoms in total. The molecule has 0 fully saturated rings. The minimum absolute atomic E-state index is 0.0568. The number of nitrogens with zero attached hydrogens (tertiary/aromatic N) is 1. The van der Waals surface area contributed by atoms with Gasteiger partial charge in [0, 0.05) is 29.0 Å². The van der Waals surface area contributed by atoms with E-state index in [1.165, 1.54) is 12.1 Å². The molecule has 10 heteroatoms. The highest BCUT2D eigenvalue weighted by molar-refractivity contribution is 7.92. The van der Waals surface area contributed by atoms with Gasteiger partial charge in [0.2, 0.25) is 0 Å². The smallest absolute Gasteiger partial charge is 0.416 e. The third kappa shape index (κ3) is 6.03. The molecule has 172 valence electrons. The normalized spacial score (nSPS) is 12.6. The minimum atomic E-state index is -4.59. The largest absolute Gasteiger partial charge is 0.466 e. The molecule has 1 aromatic heterocycles. The maximum atomic E-state index is 13.0. The summed E-state index contributed by atoms with van der Waals surface area (Å²) in [6.07, 6.45) is -4.53. The van der Waals surface area contributed by atoms with Gasteiger partial charge in [0.25, 0.3) is 10.0 Å². The molecule has 31 heavy (non-hydrogen) atoms. The van der Waals surface area contributed by atoms with E-state index in [4.69, 9.17) is 4.74 Å². The van der Waals surface area contributed by atoms with Gasteiger partial charge in [-0.3, -0.25) is 9.52 Å². The molecular formula is C21H27F3N2O4S. The highest BCUT2D eigenvalue weighted by Gasteiger charge is 2.32. The quantitative estimate of drug-likeness (QED) is 0.598. The molecule has 0 saturated carbocycles. The monoisotopic (exact) mass is 460 g/mol. The van der Waals surface area contributed by atoms with E-state index >= 15 is 0 Å². The minimum Gasteiger partial charge on any atom is -0.466 e. The molecule has 2 aromatic rings. The van der Waals surface area contributed by atoms with Gasteiger partial charge in [0.05, 0.1) is 18.6 Å². The Labute approximate surface area is 180 Å². The van der Waals surface area contributed by atoms with Gasteiger partial charge in [0.15, 0.2) is 0 Å². The Morgan fingerprint density at radius 3 is 2.35 bits per heavy atom. The van der Waals surface area contributed by atoms with Crippen molar-refractivity contribution in [3.63, 3.8) is 0 Å². The molecule has 2 rings (SSSR count). The van der Waals surface area contributed by atoms with E-state index in [2.05, 4.69) is 4.72 Å². The van der Waals surface area contributed by atoms with Gasteiger partial charge in [-0.15, -0.1) is 0 Å². The number of ether oxygens (including phenoxy) is 1. The van der Waals surface area contributed by atoms with Crippen LogP contribution in [0, 0.1) is 6.92 Å².